The molecule has 1 aliphatic rings. The van der Waals surface area contributed by atoms with Gasteiger partial charge in [0.25, 0.3) is 17.7 Å². The number of carbonyl (C=O) groups is 3. The largest absolute Gasteiger partial charge is 0.322 e. The average Bonchev–Trinajstić information content (AvgIpc) is 2.98. The SMILES string of the molecule is CS(=O)(=O)c1ccc(Cl)c(C(=O)Nc2ccc(N3C(=O)c4ccccc4C3=O)c(Cl)c2)c1. The number of nitrogens with one attached hydrogen (secondary N) is 1. The van der Waals surface area contributed by atoms with E-state index in [-0.39, 0.29) is 43.0 Å². The monoisotopic (exact) mass is 488 g/mol. The first-order valence-corrected chi connectivity index (χ1v) is 11.8. The van der Waals surface area contributed by atoms with Gasteiger partial charge in [-0.1, -0.05) is 35.3 Å². The quantitative estimate of drug-likeness (QED) is 0.546. The predicted molar refractivity (Wildman–Crippen MR) is 122 cm³/mol. The second kappa shape index (κ2) is 8.05. The van der Waals surface area contributed by atoms with E-state index in [1.807, 2.05) is 0 Å². The van der Waals surface area contributed by atoms with Crippen LogP contribution in [0.3, 0.4) is 0 Å². The smallest absolute Gasteiger partial charge is 0.266 e. The summed E-state index contributed by atoms with van der Waals surface area (Å²) >= 11 is 12.4. The molecule has 0 fully saturated rings. The van der Waals surface area contributed by atoms with Gasteiger partial charge in [0.2, 0.25) is 0 Å². The normalized spacial score (nSPS) is 13.3. The molecule has 10 heteroatoms. The van der Waals surface area contributed by atoms with E-state index in [4.69, 9.17) is 23.2 Å². The Morgan fingerprint density at radius 2 is 1.50 bits per heavy atom. The molecule has 0 radical (unpaired) electrons. The molecule has 0 atom stereocenters. The van der Waals surface area contributed by atoms with E-state index in [0.29, 0.717) is 0 Å². The molecule has 0 aliphatic carbocycles. The van der Waals surface area contributed by atoms with Crippen LogP contribution in [-0.4, -0.2) is 32.4 Å². The molecule has 0 saturated carbocycles. The number of imide groups is 1. The van der Waals surface area contributed by atoms with Crippen LogP contribution in [0.5, 0.6) is 0 Å². The Morgan fingerprint density at radius 1 is 0.875 bits per heavy atom. The molecule has 0 aromatic heterocycles. The van der Waals surface area contributed by atoms with E-state index in [1.165, 1.54) is 36.4 Å². The number of hydrogen-bond donors (Lipinski definition) is 1. The number of amides is 3. The van der Waals surface area contributed by atoms with E-state index in [2.05, 4.69) is 5.32 Å². The van der Waals surface area contributed by atoms with Crippen molar-refractivity contribution in [2.75, 3.05) is 16.5 Å². The number of benzene rings is 3. The number of sulfone groups is 1. The first-order chi connectivity index (χ1) is 15.1. The maximum atomic E-state index is 12.7. The van der Waals surface area contributed by atoms with Crippen molar-refractivity contribution in [3.63, 3.8) is 0 Å². The molecule has 0 bridgehead atoms. The summed E-state index contributed by atoms with van der Waals surface area (Å²) in [6.07, 6.45) is 1.02. The number of anilines is 2. The molecule has 3 amide bonds. The van der Waals surface area contributed by atoms with Crippen molar-refractivity contribution in [3.8, 4) is 0 Å². The van der Waals surface area contributed by atoms with Gasteiger partial charge in [0.05, 0.1) is 37.3 Å². The van der Waals surface area contributed by atoms with Crippen LogP contribution in [0.2, 0.25) is 10.0 Å². The number of nitrogens with zero attached hydrogens (tertiary/aromatic N) is 1. The summed E-state index contributed by atoms with van der Waals surface area (Å²) < 4.78 is 23.5. The second-order valence-electron chi connectivity index (χ2n) is 7.03. The van der Waals surface area contributed by atoms with Gasteiger partial charge in [-0.25, -0.2) is 13.3 Å². The fourth-order valence-corrected chi connectivity index (χ4v) is 4.40. The Hall–Kier alpha value is -3.20. The number of hydrogen-bond acceptors (Lipinski definition) is 5. The lowest BCUT2D eigenvalue weighted by atomic mass is 10.1. The van der Waals surface area contributed by atoms with Gasteiger partial charge < -0.3 is 5.32 Å². The van der Waals surface area contributed by atoms with Crippen molar-refractivity contribution < 1.29 is 22.8 Å². The van der Waals surface area contributed by atoms with Crippen molar-refractivity contribution in [1.82, 2.24) is 0 Å². The molecule has 0 spiro atoms. The topological polar surface area (TPSA) is 101 Å². The lowest BCUT2D eigenvalue weighted by molar-refractivity contribution is 0.0924. The number of fused-ring (bicyclic) bond motifs is 1. The van der Waals surface area contributed by atoms with Crippen LogP contribution in [0.15, 0.2) is 65.6 Å². The van der Waals surface area contributed by atoms with Gasteiger partial charge in [0.15, 0.2) is 9.84 Å². The minimum Gasteiger partial charge on any atom is -0.322 e. The summed E-state index contributed by atoms with van der Waals surface area (Å²) in [6.45, 7) is 0. The van der Waals surface area contributed by atoms with Gasteiger partial charge in [-0.05, 0) is 48.5 Å². The number of halogens is 2. The number of carbonyl (C=O) groups excluding carboxylic acids is 3. The fraction of sp³-hybridized carbons (Fsp3) is 0.0455. The Kier molecular flexibility index (Phi) is 5.54. The first kappa shape index (κ1) is 22.0. The van der Waals surface area contributed by atoms with Crippen LogP contribution >= 0.6 is 23.2 Å². The maximum absolute atomic E-state index is 12.7. The summed E-state index contributed by atoms with van der Waals surface area (Å²) in [5.74, 6) is -1.63. The molecule has 3 aromatic rings. The zero-order chi connectivity index (χ0) is 23.2. The molecule has 0 saturated heterocycles. The highest BCUT2D eigenvalue weighted by Crippen LogP contribution is 2.35. The second-order valence-corrected chi connectivity index (χ2v) is 9.86. The van der Waals surface area contributed by atoms with E-state index in [0.717, 1.165) is 11.2 Å². The maximum Gasteiger partial charge on any atom is 0.266 e. The summed E-state index contributed by atoms with van der Waals surface area (Å²) in [7, 11) is -3.53. The predicted octanol–water partition coefficient (Wildman–Crippen LogP) is 4.45. The highest BCUT2D eigenvalue weighted by Gasteiger charge is 2.37. The van der Waals surface area contributed by atoms with Gasteiger partial charge >= 0.3 is 0 Å². The summed E-state index contributed by atoms with van der Waals surface area (Å²) in [4.78, 5) is 38.9. The highest BCUT2D eigenvalue weighted by atomic mass is 35.5. The molecule has 1 N–H and O–H groups in total. The third-order valence-electron chi connectivity index (χ3n) is 4.85. The zero-order valence-corrected chi connectivity index (χ0v) is 18.8. The van der Waals surface area contributed by atoms with Crippen LogP contribution in [-0.2, 0) is 9.84 Å². The van der Waals surface area contributed by atoms with Crippen LogP contribution < -0.4 is 10.2 Å². The van der Waals surface area contributed by atoms with Gasteiger partial charge in [0.1, 0.15) is 0 Å². The van der Waals surface area contributed by atoms with Crippen molar-refractivity contribution in [3.05, 3.63) is 87.4 Å². The first-order valence-electron chi connectivity index (χ1n) is 9.16. The van der Waals surface area contributed by atoms with E-state index in [1.54, 1.807) is 24.3 Å². The van der Waals surface area contributed by atoms with Crippen LogP contribution in [0.25, 0.3) is 0 Å². The van der Waals surface area contributed by atoms with E-state index >= 15 is 0 Å². The van der Waals surface area contributed by atoms with E-state index in [9.17, 15) is 22.8 Å². The van der Waals surface area contributed by atoms with Gasteiger partial charge in [0, 0.05) is 11.9 Å². The van der Waals surface area contributed by atoms with Crippen molar-refractivity contribution in [2.45, 2.75) is 4.90 Å². The molecule has 1 aliphatic heterocycles. The number of rotatable bonds is 4. The standard InChI is InChI=1S/C22H14Cl2N2O5S/c1-32(30,31)13-7-8-17(23)16(11-13)20(27)25-12-6-9-19(18(24)10-12)26-21(28)14-4-2-3-5-15(14)22(26)29/h2-11H,1H3,(H,25,27). The van der Waals surface area contributed by atoms with Crippen LogP contribution in [0.4, 0.5) is 11.4 Å². The Bertz CT molecular complexity index is 1380. The lowest BCUT2D eigenvalue weighted by Gasteiger charge is -2.17. The molecule has 4 rings (SSSR count). The summed E-state index contributed by atoms with van der Waals surface area (Å²) in [5, 5.41) is 2.72. The summed E-state index contributed by atoms with van der Waals surface area (Å²) in [5.41, 5.74) is 0.974. The highest BCUT2D eigenvalue weighted by molar-refractivity contribution is 7.90. The minimum absolute atomic E-state index is 0.0323. The van der Waals surface area contributed by atoms with Gasteiger partial charge in [-0.3, -0.25) is 14.4 Å². The van der Waals surface area contributed by atoms with Gasteiger partial charge in [-0.2, -0.15) is 0 Å². The van der Waals surface area contributed by atoms with Crippen molar-refractivity contribution in [2.24, 2.45) is 0 Å². The fourth-order valence-electron chi connectivity index (χ4n) is 3.28. The van der Waals surface area contributed by atoms with Crippen molar-refractivity contribution in [1.29, 1.82) is 0 Å². The molecule has 162 valence electrons. The molecule has 3 aromatic carbocycles. The molecule has 32 heavy (non-hydrogen) atoms. The van der Waals surface area contributed by atoms with Gasteiger partial charge in [-0.15, -0.1) is 0 Å². The zero-order valence-electron chi connectivity index (χ0n) is 16.4. The Morgan fingerprint density at radius 3 is 2.06 bits per heavy atom. The molecular formula is C22H14Cl2N2O5S. The lowest BCUT2D eigenvalue weighted by Crippen LogP contribution is -2.29. The molecule has 0 unspecified atom stereocenters. The third kappa shape index (κ3) is 3.88. The summed E-state index contributed by atoms with van der Waals surface area (Å²) in [6, 6.07) is 14.6. The Labute approximate surface area is 193 Å². The Balaban J connectivity index is 1.61. The van der Waals surface area contributed by atoms with E-state index < -0.39 is 27.6 Å². The third-order valence-corrected chi connectivity index (χ3v) is 6.59. The molecule has 7 nitrogen and oxygen atoms in total. The minimum atomic E-state index is -3.53. The van der Waals surface area contributed by atoms with Crippen molar-refractivity contribution >= 4 is 62.1 Å². The molecular weight excluding hydrogens is 475 g/mol. The van der Waals surface area contributed by atoms with Crippen LogP contribution in [0, 0.1) is 0 Å². The average molecular weight is 489 g/mol. The van der Waals surface area contributed by atoms with Crippen LogP contribution in [0.1, 0.15) is 31.1 Å². The molecule has 1 heterocycles.